The number of pyridine rings is 1. The van der Waals surface area contributed by atoms with Crippen molar-refractivity contribution in [2.24, 2.45) is 0 Å². The van der Waals surface area contributed by atoms with E-state index in [0.29, 0.717) is 11.6 Å². The van der Waals surface area contributed by atoms with Crippen LogP contribution < -0.4 is 15.4 Å². The molecule has 0 aliphatic carbocycles. The normalized spacial score (nSPS) is 11.3. The Kier molecular flexibility index (Phi) is 3.62. The number of methoxy groups -OCH3 is 1. The van der Waals surface area contributed by atoms with E-state index in [2.05, 4.69) is 30.7 Å². The molecule has 0 spiro atoms. The van der Waals surface area contributed by atoms with Gasteiger partial charge < -0.3 is 15.4 Å². The van der Waals surface area contributed by atoms with Crippen molar-refractivity contribution < 1.29 is 4.74 Å². The van der Waals surface area contributed by atoms with Gasteiger partial charge in [-0.25, -0.2) is 0 Å². The Balaban J connectivity index is 3.05. The fraction of sp³-hybridized carbons (Fsp3) is 0.583. The molecule has 0 aromatic carbocycles. The van der Waals surface area contributed by atoms with Crippen LogP contribution >= 0.6 is 0 Å². The van der Waals surface area contributed by atoms with Gasteiger partial charge in [-0.15, -0.1) is 0 Å². The second-order valence-electron chi connectivity index (χ2n) is 4.49. The van der Waals surface area contributed by atoms with Gasteiger partial charge in [0.25, 0.3) is 0 Å². The first kappa shape index (κ1) is 12.6. The monoisotopic (exact) mass is 223 g/mol. The summed E-state index contributed by atoms with van der Waals surface area (Å²) in [6, 6.07) is 3.73. The van der Waals surface area contributed by atoms with Crippen LogP contribution in [0.1, 0.15) is 27.2 Å². The molecule has 0 saturated carbocycles. The summed E-state index contributed by atoms with van der Waals surface area (Å²) in [6.07, 6.45) is 1.04. The van der Waals surface area contributed by atoms with Gasteiger partial charge in [-0.2, -0.15) is 4.98 Å². The second kappa shape index (κ2) is 4.60. The zero-order valence-corrected chi connectivity index (χ0v) is 10.7. The van der Waals surface area contributed by atoms with Crippen LogP contribution in [0.3, 0.4) is 0 Å². The summed E-state index contributed by atoms with van der Waals surface area (Å²) in [5.41, 5.74) is 6.36. The van der Waals surface area contributed by atoms with Crippen molar-refractivity contribution in [3.05, 3.63) is 12.1 Å². The number of nitrogen functional groups attached to an aromatic ring is 1. The third kappa shape index (κ3) is 2.38. The summed E-state index contributed by atoms with van der Waals surface area (Å²) in [4.78, 5) is 6.52. The molecule has 0 amide bonds. The number of ether oxygens (including phenoxy) is 1. The molecule has 0 aliphatic heterocycles. The van der Waals surface area contributed by atoms with Crippen molar-refractivity contribution in [2.45, 2.75) is 32.7 Å². The molecule has 2 N–H and O–H groups in total. The van der Waals surface area contributed by atoms with Crippen molar-refractivity contribution >= 4 is 11.5 Å². The number of nitrogens with two attached hydrogens (primary N) is 1. The molecule has 1 aromatic rings. The number of nitrogens with zero attached hydrogens (tertiary/aromatic N) is 2. The molecular weight excluding hydrogens is 202 g/mol. The number of hydrogen-bond acceptors (Lipinski definition) is 4. The number of aromatic nitrogens is 1. The predicted octanol–water partition coefficient (Wildman–Crippen LogP) is 2.30. The van der Waals surface area contributed by atoms with E-state index >= 15 is 0 Å². The van der Waals surface area contributed by atoms with E-state index in [1.165, 1.54) is 0 Å². The van der Waals surface area contributed by atoms with Gasteiger partial charge in [0.2, 0.25) is 5.88 Å². The highest BCUT2D eigenvalue weighted by Crippen LogP contribution is 2.27. The minimum Gasteiger partial charge on any atom is -0.479 e. The third-order valence-electron chi connectivity index (χ3n) is 3.19. The Bertz CT molecular complexity index is 363. The van der Waals surface area contributed by atoms with E-state index in [1.807, 2.05) is 19.2 Å². The number of hydrogen-bond donors (Lipinski definition) is 1. The van der Waals surface area contributed by atoms with E-state index in [1.54, 1.807) is 7.11 Å². The predicted molar refractivity (Wildman–Crippen MR) is 68.0 cm³/mol. The van der Waals surface area contributed by atoms with Crippen LogP contribution in [-0.4, -0.2) is 24.7 Å². The van der Waals surface area contributed by atoms with E-state index < -0.39 is 0 Å². The molecule has 16 heavy (non-hydrogen) atoms. The molecular formula is C12H21N3O. The molecule has 1 aromatic heterocycles. The van der Waals surface area contributed by atoms with Crippen LogP contribution in [0.25, 0.3) is 0 Å². The summed E-state index contributed by atoms with van der Waals surface area (Å²) in [5.74, 6) is 1.36. The molecule has 0 atom stereocenters. The second-order valence-corrected chi connectivity index (χ2v) is 4.49. The molecule has 0 fully saturated rings. The quantitative estimate of drug-likeness (QED) is 0.851. The molecule has 4 nitrogen and oxygen atoms in total. The SMILES string of the molecule is CCC(C)(C)N(C)c1ccc(N)c(OC)n1. The Morgan fingerprint density at radius 1 is 1.44 bits per heavy atom. The minimum absolute atomic E-state index is 0.0636. The molecule has 90 valence electrons. The zero-order valence-electron chi connectivity index (χ0n) is 10.7. The van der Waals surface area contributed by atoms with Crippen molar-refractivity contribution in [1.82, 2.24) is 4.98 Å². The van der Waals surface area contributed by atoms with Gasteiger partial charge in [0.1, 0.15) is 5.82 Å². The van der Waals surface area contributed by atoms with E-state index in [-0.39, 0.29) is 5.54 Å². The maximum Gasteiger partial charge on any atom is 0.238 e. The smallest absolute Gasteiger partial charge is 0.238 e. The first-order valence-corrected chi connectivity index (χ1v) is 5.46. The zero-order chi connectivity index (χ0) is 12.3. The van der Waals surface area contributed by atoms with Gasteiger partial charge in [-0.05, 0) is 32.4 Å². The number of rotatable bonds is 4. The van der Waals surface area contributed by atoms with Gasteiger partial charge >= 0.3 is 0 Å². The Hall–Kier alpha value is -1.45. The summed E-state index contributed by atoms with van der Waals surface area (Å²) >= 11 is 0. The summed E-state index contributed by atoms with van der Waals surface area (Å²) < 4.78 is 5.12. The molecule has 0 radical (unpaired) electrons. The Morgan fingerprint density at radius 3 is 2.56 bits per heavy atom. The van der Waals surface area contributed by atoms with Crippen molar-refractivity contribution in [2.75, 3.05) is 24.8 Å². The van der Waals surface area contributed by atoms with Gasteiger partial charge in [0.05, 0.1) is 12.8 Å². The highest BCUT2D eigenvalue weighted by Gasteiger charge is 2.22. The first-order valence-electron chi connectivity index (χ1n) is 5.46. The maximum absolute atomic E-state index is 5.74. The highest BCUT2D eigenvalue weighted by atomic mass is 16.5. The topological polar surface area (TPSA) is 51.4 Å². The van der Waals surface area contributed by atoms with E-state index in [4.69, 9.17) is 10.5 Å². The van der Waals surface area contributed by atoms with E-state index in [9.17, 15) is 0 Å². The van der Waals surface area contributed by atoms with Gasteiger partial charge in [0.15, 0.2) is 0 Å². The molecule has 0 unspecified atom stereocenters. The van der Waals surface area contributed by atoms with E-state index in [0.717, 1.165) is 12.2 Å². The fourth-order valence-electron chi connectivity index (χ4n) is 1.34. The highest BCUT2D eigenvalue weighted by molar-refractivity contribution is 5.55. The van der Waals surface area contributed by atoms with Crippen molar-refractivity contribution in [3.63, 3.8) is 0 Å². The summed E-state index contributed by atoms with van der Waals surface area (Å²) in [7, 11) is 3.61. The lowest BCUT2D eigenvalue weighted by Crippen LogP contribution is -2.41. The fourth-order valence-corrected chi connectivity index (χ4v) is 1.34. The molecule has 0 saturated heterocycles. The van der Waals surface area contributed by atoms with Crippen LogP contribution in [0, 0.1) is 0 Å². The lowest BCUT2D eigenvalue weighted by molar-refractivity contribution is 0.398. The average molecular weight is 223 g/mol. The van der Waals surface area contributed by atoms with Crippen molar-refractivity contribution in [1.29, 1.82) is 0 Å². The lowest BCUT2D eigenvalue weighted by atomic mass is 10.00. The summed E-state index contributed by atoms with van der Waals surface area (Å²) in [6.45, 7) is 6.51. The van der Waals surface area contributed by atoms with Gasteiger partial charge in [-0.1, -0.05) is 6.92 Å². The van der Waals surface area contributed by atoms with Crippen LogP contribution in [0.15, 0.2) is 12.1 Å². The Morgan fingerprint density at radius 2 is 2.06 bits per heavy atom. The van der Waals surface area contributed by atoms with Crippen LogP contribution in [-0.2, 0) is 0 Å². The molecule has 0 bridgehead atoms. The van der Waals surface area contributed by atoms with Crippen LogP contribution in [0.4, 0.5) is 11.5 Å². The van der Waals surface area contributed by atoms with Crippen molar-refractivity contribution in [3.8, 4) is 5.88 Å². The molecule has 1 rings (SSSR count). The molecule has 0 aliphatic rings. The summed E-state index contributed by atoms with van der Waals surface area (Å²) in [5, 5.41) is 0. The van der Waals surface area contributed by atoms with Gasteiger partial charge in [-0.3, -0.25) is 0 Å². The van der Waals surface area contributed by atoms with Gasteiger partial charge in [0, 0.05) is 12.6 Å². The number of anilines is 2. The molecule has 1 heterocycles. The first-order chi connectivity index (χ1) is 7.42. The standard InChI is InChI=1S/C12H21N3O/c1-6-12(2,3)15(4)10-8-7-9(13)11(14-10)16-5/h7-8H,6,13H2,1-5H3. The minimum atomic E-state index is 0.0636. The molecule has 4 heteroatoms. The Labute approximate surface area is 97.4 Å². The third-order valence-corrected chi connectivity index (χ3v) is 3.19. The average Bonchev–Trinajstić information content (AvgIpc) is 2.28. The van der Waals surface area contributed by atoms with Crippen LogP contribution in [0.5, 0.6) is 5.88 Å². The lowest BCUT2D eigenvalue weighted by Gasteiger charge is -2.35. The van der Waals surface area contributed by atoms with Crippen LogP contribution in [0.2, 0.25) is 0 Å². The largest absolute Gasteiger partial charge is 0.479 e. The maximum atomic E-state index is 5.74.